The van der Waals surface area contributed by atoms with Gasteiger partial charge in [0.1, 0.15) is 0 Å². The van der Waals surface area contributed by atoms with Gasteiger partial charge in [-0.3, -0.25) is 9.69 Å². The summed E-state index contributed by atoms with van der Waals surface area (Å²) in [5.41, 5.74) is 2.74. The number of fused-ring (bicyclic) bond motifs is 1. The van der Waals surface area contributed by atoms with Gasteiger partial charge < -0.3 is 15.0 Å². The van der Waals surface area contributed by atoms with Gasteiger partial charge in [0.25, 0.3) is 5.91 Å². The van der Waals surface area contributed by atoms with E-state index in [2.05, 4.69) is 40.2 Å². The van der Waals surface area contributed by atoms with Crippen LogP contribution in [0.4, 0.5) is 5.13 Å². The van der Waals surface area contributed by atoms with Crippen LogP contribution >= 0.6 is 11.3 Å². The van der Waals surface area contributed by atoms with E-state index < -0.39 is 10.0 Å². The molecule has 38 heavy (non-hydrogen) atoms. The summed E-state index contributed by atoms with van der Waals surface area (Å²) in [5.74, 6) is -0.203. The van der Waals surface area contributed by atoms with E-state index in [1.54, 1.807) is 23.5 Å². The third kappa shape index (κ3) is 5.86. The second kappa shape index (κ2) is 11.3. The SMILES string of the molecule is Cc1cccc2sc(N3CCN(CCNC(=O)c4ccc(S(=O)(=O)N5CC(C)OC(C)C5)cc4)CC3)nc12. The molecule has 2 aliphatic rings. The summed E-state index contributed by atoms with van der Waals surface area (Å²) in [4.78, 5) is 22.4. The van der Waals surface area contributed by atoms with Crippen LogP contribution in [0.15, 0.2) is 47.4 Å². The Labute approximate surface area is 228 Å². The number of hydrogen-bond acceptors (Lipinski definition) is 8. The number of piperazine rings is 1. The third-order valence-electron chi connectivity index (χ3n) is 7.11. The number of ether oxygens (including phenoxy) is 1. The fraction of sp³-hybridized carbons (Fsp3) is 0.481. The van der Waals surface area contributed by atoms with Crippen LogP contribution in [0.2, 0.25) is 0 Å². The molecule has 0 spiro atoms. The van der Waals surface area contributed by atoms with Crippen LogP contribution in [0.25, 0.3) is 10.2 Å². The number of benzene rings is 2. The normalized spacial score (nSPS) is 21.6. The van der Waals surface area contributed by atoms with Crippen molar-refractivity contribution in [3.63, 3.8) is 0 Å². The maximum Gasteiger partial charge on any atom is 0.251 e. The Morgan fingerprint density at radius 1 is 1.05 bits per heavy atom. The average Bonchev–Trinajstić information content (AvgIpc) is 3.34. The number of nitrogens with zero attached hydrogens (tertiary/aromatic N) is 4. The minimum atomic E-state index is -3.63. The van der Waals surface area contributed by atoms with E-state index in [4.69, 9.17) is 9.72 Å². The number of anilines is 1. The Hall–Kier alpha value is -2.57. The molecule has 0 aliphatic carbocycles. The number of nitrogens with one attached hydrogen (secondary N) is 1. The van der Waals surface area contributed by atoms with Gasteiger partial charge in [0, 0.05) is 57.9 Å². The van der Waals surface area contributed by atoms with Crippen LogP contribution in [0.5, 0.6) is 0 Å². The van der Waals surface area contributed by atoms with Crippen LogP contribution < -0.4 is 10.2 Å². The molecule has 2 aliphatic heterocycles. The second-order valence-corrected chi connectivity index (χ2v) is 13.1. The molecule has 0 bridgehead atoms. The third-order valence-corrected chi connectivity index (χ3v) is 10.0. The van der Waals surface area contributed by atoms with Crippen molar-refractivity contribution in [3.05, 3.63) is 53.6 Å². The molecule has 9 nitrogen and oxygen atoms in total. The van der Waals surface area contributed by atoms with Crippen molar-refractivity contribution in [2.45, 2.75) is 37.9 Å². The van der Waals surface area contributed by atoms with Crippen molar-refractivity contribution >= 4 is 42.6 Å². The predicted molar refractivity (Wildman–Crippen MR) is 151 cm³/mol. The Morgan fingerprint density at radius 3 is 2.39 bits per heavy atom. The average molecular weight is 558 g/mol. The van der Waals surface area contributed by atoms with Crippen LogP contribution in [-0.2, 0) is 14.8 Å². The Kier molecular flexibility index (Phi) is 8.01. The van der Waals surface area contributed by atoms with Gasteiger partial charge in [-0.1, -0.05) is 23.5 Å². The monoisotopic (exact) mass is 557 g/mol. The number of morpholine rings is 1. The smallest absolute Gasteiger partial charge is 0.251 e. The van der Waals surface area contributed by atoms with Gasteiger partial charge >= 0.3 is 0 Å². The number of amides is 1. The number of carbonyl (C=O) groups is 1. The maximum atomic E-state index is 13.0. The molecule has 2 unspecified atom stereocenters. The maximum absolute atomic E-state index is 13.0. The molecule has 0 saturated carbocycles. The molecule has 1 amide bonds. The zero-order chi connectivity index (χ0) is 26.9. The van der Waals surface area contributed by atoms with Crippen molar-refractivity contribution in [3.8, 4) is 0 Å². The molecule has 2 fully saturated rings. The number of thiazole rings is 1. The lowest BCUT2D eigenvalue weighted by Gasteiger charge is -2.34. The summed E-state index contributed by atoms with van der Waals surface area (Å²) in [6.07, 6.45) is -0.309. The van der Waals surface area contributed by atoms with Crippen LogP contribution in [0, 0.1) is 6.92 Å². The predicted octanol–water partition coefficient (Wildman–Crippen LogP) is 2.95. The lowest BCUT2D eigenvalue weighted by Crippen LogP contribution is -2.48. The first-order chi connectivity index (χ1) is 18.2. The highest BCUT2D eigenvalue weighted by molar-refractivity contribution is 7.89. The molecular weight excluding hydrogens is 522 g/mol. The first-order valence-electron chi connectivity index (χ1n) is 13.1. The molecule has 0 radical (unpaired) electrons. The number of sulfonamides is 1. The van der Waals surface area contributed by atoms with Crippen molar-refractivity contribution in [1.82, 2.24) is 19.5 Å². The number of carbonyl (C=O) groups excluding carboxylic acids is 1. The molecule has 204 valence electrons. The summed E-state index contributed by atoms with van der Waals surface area (Å²) in [6.45, 7) is 11.4. The zero-order valence-electron chi connectivity index (χ0n) is 22.1. The van der Waals surface area contributed by atoms with E-state index in [-0.39, 0.29) is 23.0 Å². The largest absolute Gasteiger partial charge is 0.373 e. The van der Waals surface area contributed by atoms with Crippen LogP contribution in [0.1, 0.15) is 29.8 Å². The highest BCUT2D eigenvalue weighted by Gasteiger charge is 2.32. The van der Waals surface area contributed by atoms with Crippen molar-refractivity contribution in [1.29, 1.82) is 0 Å². The van der Waals surface area contributed by atoms with Crippen molar-refractivity contribution < 1.29 is 17.9 Å². The lowest BCUT2D eigenvalue weighted by molar-refractivity contribution is -0.0440. The molecule has 1 N–H and O–H groups in total. The molecule has 1 aromatic heterocycles. The fourth-order valence-electron chi connectivity index (χ4n) is 5.06. The first-order valence-corrected chi connectivity index (χ1v) is 15.3. The number of para-hydroxylation sites is 1. The number of rotatable bonds is 7. The molecule has 3 aromatic rings. The summed E-state index contributed by atoms with van der Waals surface area (Å²) < 4.78 is 34.4. The minimum Gasteiger partial charge on any atom is -0.373 e. The van der Waals surface area contributed by atoms with E-state index in [1.165, 1.54) is 26.7 Å². The van der Waals surface area contributed by atoms with Gasteiger partial charge in [0.2, 0.25) is 10.0 Å². The Morgan fingerprint density at radius 2 is 1.74 bits per heavy atom. The zero-order valence-corrected chi connectivity index (χ0v) is 23.7. The van der Waals surface area contributed by atoms with Gasteiger partial charge in [-0.15, -0.1) is 0 Å². The van der Waals surface area contributed by atoms with E-state index >= 15 is 0 Å². The molecule has 2 saturated heterocycles. The molecule has 3 heterocycles. The standard InChI is InChI=1S/C27H35N5O4S2/c1-19-5-4-6-24-25(19)29-27(37-24)31-15-13-30(14-16-31)12-11-28-26(33)22-7-9-23(10-8-22)38(34,35)32-17-20(2)36-21(3)18-32/h4-10,20-21H,11-18H2,1-3H3,(H,28,33). The Bertz CT molecular complexity index is 1370. The van der Waals surface area contributed by atoms with E-state index in [1.807, 2.05) is 13.8 Å². The number of aromatic nitrogens is 1. The van der Waals surface area contributed by atoms with Gasteiger partial charge in [0.05, 0.1) is 27.3 Å². The Balaban J connectivity index is 1.09. The molecule has 5 rings (SSSR count). The van der Waals surface area contributed by atoms with Gasteiger partial charge in [-0.25, -0.2) is 13.4 Å². The molecule has 2 aromatic carbocycles. The fourth-order valence-corrected chi connectivity index (χ4v) is 7.74. The molecule has 2 atom stereocenters. The summed E-state index contributed by atoms with van der Waals surface area (Å²) in [5, 5.41) is 4.04. The van der Waals surface area contributed by atoms with Gasteiger partial charge in [-0.2, -0.15) is 4.31 Å². The van der Waals surface area contributed by atoms with Gasteiger partial charge in [0.15, 0.2) is 5.13 Å². The topological polar surface area (TPSA) is 95.1 Å². The van der Waals surface area contributed by atoms with E-state index in [0.717, 1.165) is 43.4 Å². The lowest BCUT2D eigenvalue weighted by atomic mass is 10.2. The summed E-state index contributed by atoms with van der Waals surface area (Å²) >= 11 is 1.74. The highest BCUT2D eigenvalue weighted by atomic mass is 32.2. The summed E-state index contributed by atoms with van der Waals surface area (Å²) in [6, 6.07) is 12.5. The van der Waals surface area contributed by atoms with Crippen LogP contribution in [-0.4, -0.2) is 93.1 Å². The van der Waals surface area contributed by atoms with Crippen LogP contribution in [0.3, 0.4) is 0 Å². The first kappa shape index (κ1) is 27.0. The summed E-state index contributed by atoms with van der Waals surface area (Å²) in [7, 11) is -3.63. The number of aryl methyl sites for hydroxylation is 1. The molecule has 11 heteroatoms. The second-order valence-electron chi connectivity index (χ2n) is 10.1. The van der Waals surface area contributed by atoms with Crippen molar-refractivity contribution in [2.75, 3.05) is 57.3 Å². The quantitative estimate of drug-likeness (QED) is 0.477. The highest BCUT2D eigenvalue weighted by Crippen LogP contribution is 2.31. The van der Waals surface area contributed by atoms with Crippen molar-refractivity contribution in [2.24, 2.45) is 0 Å². The number of hydrogen-bond donors (Lipinski definition) is 1. The molecular formula is C27H35N5O4S2. The van der Waals surface area contributed by atoms with Gasteiger partial charge in [-0.05, 0) is 56.7 Å². The minimum absolute atomic E-state index is 0.154. The van der Waals surface area contributed by atoms with E-state index in [0.29, 0.717) is 25.2 Å². The van der Waals surface area contributed by atoms with E-state index in [9.17, 15) is 13.2 Å².